The molecule has 0 saturated carbocycles. The Bertz CT molecular complexity index is 224. The second-order valence-corrected chi connectivity index (χ2v) is 3.41. The van der Waals surface area contributed by atoms with Crippen LogP contribution in [-0.2, 0) is 0 Å². The van der Waals surface area contributed by atoms with E-state index in [0.29, 0.717) is 0 Å². The molecule has 0 heterocycles. The molecular formula is C12H21NS. The first-order valence-corrected chi connectivity index (χ1v) is 5.63. The molecule has 0 saturated heterocycles. The molecule has 0 aliphatic rings. The molecule has 0 aliphatic carbocycles. The Labute approximate surface area is 92.7 Å². The van der Waals surface area contributed by atoms with Gasteiger partial charge in [0.2, 0.25) is 0 Å². The number of thioether (sulfide) groups is 1. The first kappa shape index (κ1) is 15.7. The molecular weight excluding hydrogens is 190 g/mol. The van der Waals surface area contributed by atoms with Crippen molar-refractivity contribution in [2.24, 2.45) is 4.99 Å². The van der Waals surface area contributed by atoms with E-state index in [9.17, 15) is 0 Å². The second kappa shape index (κ2) is 12.2. The van der Waals surface area contributed by atoms with Gasteiger partial charge in [-0.25, -0.2) is 0 Å². The molecule has 0 spiro atoms. The molecule has 0 N–H and O–H groups in total. The van der Waals surface area contributed by atoms with Crippen LogP contribution in [0, 0.1) is 0 Å². The topological polar surface area (TPSA) is 12.4 Å². The molecule has 80 valence electrons. The van der Waals surface area contributed by atoms with Crippen molar-refractivity contribution in [3.63, 3.8) is 0 Å². The van der Waals surface area contributed by atoms with Gasteiger partial charge in [0.25, 0.3) is 0 Å². The molecule has 0 aromatic heterocycles. The molecule has 0 fully saturated rings. The van der Waals surface area contributed by atoms with Crippen molar-refractivity contribution < 1.29 is 0 Å². The summed E-state index contributed by atoms with van der Waals surface area (Å²) in [4.78, 5) is 5.17. The van der Waals surface area contributed by atoms with E-state index in [-0.39, 0.29) is 0 Å². The summed E-state index contributed by atoms with van der Waals surface area (Å²) in [5.74, 6) is 0. The average molecular weight is 211 g/mol. The number of aliphatic imine (C=N–C) groups is 1. The van der Waals surface area contributed by atoms with E-state index in [2.05, 4.69) is 11.6 Å². The molecule has 0 aliphatic heterocycles. The molecule has 0 bridgehead atoms. The van der Waals surface area contributed by atoms with E-state index in [4.69, 9.17) is 0 Å². The van der Waals surface area contributed by atoms with Crippen molar-refractivity contribution in [3.8, 4) is 0 Å². The Morgan fingerprint density at radius 1 is 1.36 bits per heavy atom. The van der Waals surface area contributed by atoms with E-state index in [1.54, 1.807) is 18.8 Å². The molecule has 0 aromatic rings. The highest BCUT2D eigenvalue weighted by Crippen LogP contribution is 2.18. The van der Waals surface area contributed by atoms with Gasteiger partial charge in [-0.3, -0.25) is 4.99 Å². The Kier molecular flexibility index (Phi) is 13.7. The van der Waals surface area contributed by atoms with E-state index < -0.39 is 0 Å². The maximum atomic E-state index is 4.05. The van der Waals surface area contributed by atoms with Gasteiger partial charge in [0.05, 0.1) is 5.04 Å². The summed E-state index contributed by atoms with van der Waals surface area (Å²) in [5.41, 5.74) is 0. The van der Waals surface area contributed by atoms with Crippen LogP contribution in [-0.4, -0.2) is 12.1 Å². The fourth-order valence-corrected chi connectivity index (χ4v) is 1.21. The second-order valence-electron chi connectivity index (χ2n) is 2.14. The van der Waals surface area contributed by atoms with E-state index >= 15 is 0 Å². The van der Waals surface area contributed by atoms with Crippen LogP contribution in [0.3, 0.4) is 0 Å². The van der Waals surface area contributed by atoms with Gasteiger partial charge >= 0.3 is 0 Å². The van der Waals surface area contributed by atoms with Crippen LogP contribution in [0.4, 0.5) is 0 Å². The third kappa shape index (κ3) is 9.33. The minimum absolute atomic E-state index is 1.05. The van der Waals surface area contributed by atoms with Crippen LogP contribution < -0.4 is 0 Å². The monoisotopic (exact) mass is 211 g/mol. The summed E-state index contributed by atoms with van der Waals surface area (Å²) in [5, 5.41) is 1.05. The molecule has 0 unspecified atom stereocenters. The molecule has 0 radical (unpaired) electrons. The smallest absolute Gasteiger partial charge is 0.0689 e. The Balaban J connectivity index is 0. The summed E-state index contributed by atoms with van der Waals surface area (Å²) in [6.07, 6.45) is 7.83. The maximum absolute atomic E-state index is 4.05. The minimum Gasteiger partial charge on any atom is -0.286 e. The van der Waals surface area contributed by atoms with Crippen LogP contribution in [0.5, 0.6) is 0 Å². The molecule has 1 nitrogen and oxygen atoms in total. The molecule has 0 aromatic carbocycles. The van der Waals surface area contributed by atoms with Crippen LogP contribution in [0.2, 0.25) is 0 Å². The lowest BCUT2D eigenvalue weighted by molar-refractivity contribution is 1.45. The first-order chi connectivity index (χ1) is 6.74. The van der Waals surface area contributed by atoms with Crippen LogP contribution in [0.1, 0.15) is 27.7 Å². The third-order valence-electron chi connectivity index (χ3n) is 1.23. The fraction of sp³-hybridized carbons (Fsp3) is 0.417. The third-order valence-corrected chi connectivity index (χ3v) is 2.25. The average Bonchev–Trinajstić information content (AvgIpc) is 2.26. The van der Waals surface area contributed by atoms with Crippen molar-refractivity contribution in [1.29, 1.82) is 0 Å². The fourth-order valence-electron chi connectivity index (χ4n) is 0.551. The lowest BCUT2D eigenvalue weighted by Crippen LogP contribution is -1.82. The van der Waals surface area contributed by atoms with Gasteiger partial charge in [-0.05, 0) is 19.9 Å². The van der Waals surface area contributed by atoms with Crippen LogP contribution >= 0.6 is 11.8 Å². The van der Waals surface area contributed by atoms with Crippen LogP contribution in [0.15, 0.2) is 40.8 Å². The van der Waals surface area contributed by atoms with Crippen molar-refractivity contribution in [1.82, 2.24) is 0 Å². The van der Waals surface area contributed by atoms with E-state index in [0.717, 1.165) is 9.95 Å². The molecule has 0 atom stereocenters. The molecule has 2 heteroatoms. The molecule has 0 amide bonds. The highest BCUT2D eigenvalue weighted by molar-refractivity contribution is 8.17. The van der Waals surface area contributed by atoms with E-state index in [1.807, 2.05) is 52.0 Å². The van der Waals surface area contributed by atoms with Gasteiger partial charge in [0, 0.05) is 12.0 Å². The lowest BCUT2D eigenvalue weighted by atomic mass is 10.4. The number of allylic oxidation sites excluding steroid dienone is 4. The van der Waals surface area contributed by atoms with Gasteiger partial charge in [0.15, 0.2) is 0 Å². The summed E-state index contributed by atoms with van der Waals surface area (Å²) in [6, 6.07) is 0. The van der Waals surface area contributed by atoms with Gasteiger partial charge < -0.3 is 0 Å². The van der Waals surface area contributed by atoms with Crippen molar-refractivity contribution in [2.45, 2.75) is 27.7 Å². The zero-order valence-electron chi connectivity index (χ0n) is 9.87. The quantitative estimate of drug-likeness (QED) is 0.382. The Hall–Kier alpha value is -0.760. The SMILES string of the molecule is C=C/C(=C\C=C/C)SC(C)=NC.CC. The lowest BCUT2D eigenvalue weighted by Gasteiger charge is -1.98. The normalized spacial score (nSPS) is 12.4. The predicted octanol–water partition coefficient (Wildman–Crippen LogP) is 4.44. The van der Waals surface area contributed by atoms with Gasteiger partial charge in [-0.15, -0.1) is 0 Å². The summed E-state index contributed by atoms with van der Waals surface area (Å²) in [6.45, 7) is 11.7. The Morgan fingerprint density at radius 3 is 2.29 bits per heavy atom. The maximum Gasteiger partial charge on any atom is 0.0689 e. The summed E-state index contributed by atoms with van der Waals surface area (Å²) >= 11 is 1.63. The van der Waals surface area contributed by atoms with Gasteiger partial charge in [-0.1, -0.05) is 50.4 Å². The standard InChI is InChI=1S/C10H15NS.C2H6/c1-5-7-8-10(6-2)12-9(3)11-4;1-2/h5-8H,2H2,1,3-4H3;1-2H3/b7-5-,10-8+,11-9?;. The van der Waals surface area contributed by atoms with E-state index in [1.165, 1.54) is 0 Å². The number of rotatable bonds is 3. The zero-order valence-corrected chi connectivity index (χ0v) is 10.7. The van der Waals surface area contributed by atoms with Crippen molar-refractivity contribution >= 4 is 16.8 Å². The van der Waals surface area contributed by atoms with Gasteiger partial charge in [0.1, 0.15) is 0 Å². The predicted molar refractivity (Wildman–Crippen MR) is 71.1 cm³/mol. The number of nitrogens with zero attached hydrogens (tertiary/aromatic N) is 1. The number of hydrogen-bond donors (Lipinski definition) is 0. The number of hydrogen-bond acceptors (Lipinski definition) is 2. The molecule has 14 heavy (non-hydrogen) atoms. The zero-order chi connectivity index (χ0) is 11.4. The highest BCUT2D eigenvalue weighted by Gasteiger charge is 1.93. The van der Waals surface area contributed by atoms with Crippen molar-refractivity contribution in [3.05, 3.63) is 35.8 Å². The minimum atomic E-state index is 1.05. The largest absolute Gasteiger partial charge is 0.286 e. The highest BCUT2D eigenvalue weighted by atomic mass is 32.2. The molecule has 0 rings (SSSR count). The summed E-state index contributed by atoms with van der Waals surface area (Å²) in [7, 11) is 1.79. The van der Waals surface area contributed by atoms with Crippen LogP contribution in [0.25, 0.3) is 0 Å². The van der Waals surface area contributed by atoms with Crippen molar-refractivity contribution in [2.75, 3.05) is 7.05 Å². The van der Waals surface area contributed by atoms with Gasteiger partial charge in [-0.2, -0.15) is 0 Å². The summed E-state index contributed by atoms with van der Waals surface area (Å²) < 4.78 is 0. The first-order valence-electron chi connectivity index (χ1n) is 4.81. The Morgan fingerprint density at radius 2 is 1.93 bits per heavy atom.